The molecule has 6 nitrogen and oxygen atoms in total. The highest BCUT2D eigenvalue weighted by Crippen LogP contribution is 2.22. The lowest BCUT2D eigenvalue weighted by molar-refractivity contribution is -0.131. The second-order valence-electron chi connectivity index (χ2n) is 5.27. The zero-order chi connectivity index (χ0) is 13.7. The van der Waals surface area contributed by atoms with E-state index in [1.807, 2.05) is 0 Å². The number of carbonyl (C=O) groups excluding carboxylic acids is 2. The monoisotopic (exact) mass is 269 g/mol. The van der Waals surface area contributed by atoms with Crippen molar-refractivity contribution in [1.29, 1.82) is 0 Å². The Morgan fingerprint density at radius 3 is 2.84 bits per heavy atom. The van der Waals surface area contributed by atoms with Crippen molar-refractivity contribution in [2.24, 2.45) is 0 Å². The quantitative estimate of drug-likeness (QED) is 0.590. The van der Waals surface area contributed by atoms with E-state index in [4.69, 9.17) is 4.74 Å². The SMILES string of the molecule is COCCNC(=O)CC1NC2CCCCC2NC1=O. The largest absolute Gasteiger partial charge is 0.383 e. The highest BCUT2D eigenvalue weighted by Gasteiger charge is 2.36. The molecule has 0 aromatic carbocycles. The highest BCUT2D eigenvalue weighted by atomic mass is 16.5. The number of hydrogen-bond acceptors (Lipinski definition) is 4. The zero-order valence-electron chi connectivity index (χ0n) is 11.4. The molecule has 6 heteroatoms. The Hall–Kier alpha value is -1.14. The summed E-state index contributed by atoms with van der Waals surface area (Å²) in [4.78, 5) is 23.6. The summed E-state index contributed by atoms with van der Waals surface area (Å²) < 4.78 is 4.86. The summed E-state index contributed by atoms with van der Waals surface area (Å²) in [6.07, 6.45) is 4.67. The van der Waals surface area contributed by atoms with Crippen LogP contribution in [0.4, 0.5) is 0 Å². The Bertz CT molecular complexity index is 335. The van der Waals surface area contributed by atoms with Crippen LogP contribution in [0.2, 0.25) is 0 Å². The van der Waals surface area contributed by atoms with E-state index in [0.29, 0.717) is 19.2 Å². The highest BCUT2D eigenvalue weighted by molar-refractivity contribution is 5.89. The first-order valence-corrected chi connectivity index (χ1v) is 7.03. The third-order valence-electron chi connectivity index (χ3n) is 3.84. The maximum atomic E-state index is 11.9. The van der Waals surface area contributed by atoms with Gasteiger partial charge in [0.2, 0.25) is 11.8 Å². The predicted molar refractivity (Wildman–Crippen MR) is 70.6 cm³/mol. The van der Waals surface area contributed by atoms with E-state index < -0.39 is 6.04 Å². The van der Waals surface area contributed by atoms with Gasteiger partial charge >= 0.3 is 0 Å². The van der Waals surface area contributed by atoms with Crippen molar-refractivity contribution in [3.63, 3.8) is 0 Å². The second-order valence-corrected chi connectivity index (χ2v) is 5.27. The number of carbonyl (C=O) groups is 2. The van der Waals surface area contributed by atoms with Gasteiger partial charge in [-0.3, -0.25) is 9.59 Å². The van der Waals surface area contributed by atoms with E-state index in [9.17, 15) is 9.59 Å². The number of amides is 2. The molecule has 1 saturated heterocycles. The molecule has 2 rings (SSSR count). The van der Waals surface area contributed by atoms with Gasteiger partial charge in [-0.05, 0) is 12.8 Å². The van der Waals surface area contributed by atoms with Crippen molar-refractivity contribution in [1.82, 2.24) is 16.0 Å². The van der Waals surface area contributed by atoms with Crippen molar-refractivity contribution in [2.45, 2.75) is 50.2 Å². The minimum Gasteiger partial charge on any atom is -0.383 e. The topological polar surface area (TPSA) is 79.5 Å². The van der Waals surface area contributed by atoms with Crippen LogP contribution >= 0.6 is 0 Å². The molecule has 1 aliphatic carbocycles. The van der Waals surface area contributed by atoms with Gasteiger partial charge in [0.25, 0.3) is 0 Å². The van der Waals surface area contributed by atoms with Gasteiger partial charge in [-0.15, -0.1) is 0 Å². The molecule has 3 atom stereocenters. The predicted octanol–water partition coefficient (Wildman–Crippen LogP) is -0.462. The summed E-state index contributed by atoms with van der Waals surface area (Å²) in [5.74, 6) is -0.163. The summed E-state index contributed by atoms with van der Waals surface area (Å²) in [6.45, 7) is 0.969. The minimum atomic E-state index is -0.401. The van der Waals surface area contributed by atoms with Crippen LogP contribution in [0.3, 0.4) is 0 Å². The zero-order valence-corrected chi connectivity index (χ0v) is 11.4. The van der Waals surface area contributed by atoms with E-state index in [0.717, 1.165) is 12.8 Å². The van der Waals surface area contributed by atoms with Crippen LogP contribution in [0.5, 0.6) is 0 Å². The van der Waals surface area contributed by atoms with Gasteiger partial charge in [-0.25, -0.2) is 0 Å². The number of ether oxygens (including phenoxy) is 1. The number of nitrogens with one attached hydrogen (secondary N) is 3. The number of fused-ring (bicyclic) bond motifs is 1. The molecule has 0 aromatic rings. The van der Waals surface area contributed by atoms with Crippen LogP contribution in [0.15, 0.2) is 0 Å². The smallest absolute Gasteiger partial charge is 0.237 e. The molecular weight excluding hydrogens is 246 g/mol. The van der Waals surface area contributed by atoms with E-state index in [1.54, 1.807) is 7.11 Å². The van der Waals surface area contributed by atoms with Gasteiger partial charge < -0.3 is 20.7 Å². The minimum absolute atomic E-state index is 0.0509. The number of hydrogen-bond donors (Lipinski definition) is 3. The van der Waals surface area contributed by atoms with E-state index in [2.05, 4.69) is 16.0 Å². The summed E-state index contributed by atoms with van der Waals surface area (Å²) >= 11 is 0. The summed E-state index contributed by atoms with van der Waals surface area (Å²) in [5, 5.41) is 9.10. The van der Waals surface area contributed by atoms with Gasteiger partial charge in [0.15, 0.2) is 0 Å². The summed E-state index contributed by atoms with van der Waals surface area (Å²) in [5.41, 5.74) is 0. The fraction of sp³-hybridized carbons (Fsp3) is 0.846. The Balaban J connectivity index is 1.79. The third kappa shape index (κ3) is 3.91. The standard InChI is InChI=1S/C13H23N3O3/c1-19-7-6-14-12(17)8-11-13(18)16-10-5-3-2-4-9(10)15-11/h9-11,15H,2-8H2,1H3,(H,14,17)(H,16,18). The van der Waals surface area contributed by atoms with Gasteiger partial charge in [0, 0.05) is 25.7 Å². The Kier molecular flexibility index (Phi) is 5.15. The van der Waals surface area contributed by atoms with Crippen LogP contribution in [0.1, 0.15) is 32.1 Å². The summed E-state index contributed by atoms with van der Waals surface area (Å²) in [6, 6.07) is 0.166. The average molecular weight is 269 g/mol. The van der Waals surface area contributed by atoms with Crippen LogP contribution in [-0.2, 0) is 14.3 Å². The van der Waals surface area contributed by atoms with Crippen LogP contribution in [0.25, 0.3) is 0 Å². The number of methoxy groups -OCH3 is 1. The molecule has 19 heavy (non-hydrogen) atoms. The first-order valence-electron chi connectivity index (χ1n) is 7.03. The fourth-order valence-corrected chi connectivity index (χ4v) is 2.82. The maximum absolute atomic E-state index is 11.9. The van der Waals surface area contributed by atoms with E-state index in [1.165, 1.54) is 12.8 Å². The first-order chi connectivity index (χ1) is 9.20. The van der Waals surface area contributed by atoms with Crippen molar-refractivity contribution >= 4 is 11.8 Å². The molecule has 0 aromatic heterocycles. The molecule has 3 unspecified atom stereocenters. The fourth-order valence-electron chi connectivity index (χ4n) is 2.82. The lowest BCUT2D eigenvalue weighted by Crippen LogP contribution is -2.65. The van der Waals surface area contributed by atoms with Crippen molar-refractivity contribution in [3.05, 3.63) is 0 Å². The van der Waals surface area contributed by atoms with Crippen LogP contribution in [-0.4, -0.2) is 50.2 Å². The molecule has 0 radical (unpaired) electrons. The molecule has 1 aliphatic heterocycles. The summed E-state index contributed by atoms with van der Waals surface area (Å²) in [7, 11) is 1.59. The Morgan fingerprint density at radius 2 is 2.11 bits per heavy atom. The van der Waals surface area contributed by atoms with Crippen molar-refractivity contribution in [3.8, 4) is 0 Å². The van der Waals surface area contributed by atoms with Gasteiger partial charge in [0.1, 0.15) is 0 Å². The molecule has 1 heterocycles. The molecule has 0 bridgehead atoms. The van der Waals surface area contributed by atoms with E-state index >= 15 is 0 Å². The van der Waals surface area contributed by atoms with E-state index in [-0.39, 0.29) is 24.3 Å². The number of piperazine rings is 1. The van der Waals surface area contributed by atoms with Crippen LogP contribution < -0.4 is 16.0 Å². The van der Waals surface area contributed by atoms with Gasteiger partial charge in [0.05, 0.1) is 19.1 Å². The van der Waals surface area contributed by atoms with Gasteiger partial charge in [-0.2, -0.15) is 0 Å². The van der Waals surface area contributed by atoms with Crippen molar-refractivity contribution < 1.29 is 14.3 Å². The molecular formula is C13H23N3O3. The lowest BCUT2D eigenvalue weighted by atomic mass is 9.87. The molecule has 3 N–H and O–H groups in total. The molecule has 0 spiro atoms. The Labute approximate surface area is 113 Å². The van der Waals surface area contributed by atoms with Crippen molar-refractivity contribution in [2.75, 3.05) is 20.3 Å². The first kappa shape index (κ1) is 14.3. The maximum Gasteiger partial charge on any atom is 0.237 e. The molecule has 2 fully saturated rings. The molecule has 2 amide bonds. The lowest BCUT2D eigenvalue weighted by Gasteiger charge is -2.40. The molecule has 108 valence electrons. The number of rotatable bonds is 5. The normalized spacial score (nSPS) is 30.4. The van der Waals surface area contributed by atoms with Crippen LogP contribution in [0, 0.1) is 0 Å². The molecule has 1 saturated carbocycles. The Morgan fingerprint density at radius 1 is 1.37 bits per heavy atom. The second kappa shape index (κ2) is 6.86. The van der Waals surface area contributed by atoms with Gasteiger partial charge in [-0.1, -0.05) is 12.8 Å². The third-order valence-corrected chi connectivity index (χ3v) is 3.84. The molecule has 2 aliphatic rings. The average Bonchev–Trinajstić information content (AvgIpc) is 2.40.